The summed E-state index contributed by atoms with van der Waals surface area (Å²) in [5, 5.41) is 2.20. The quantitative estimate of drug-likeness (QED) is 0.712. The van der Waals surface area contributed by atoms with E-state index in [2.05, 4.69) is 28.3 Å². The molecule has 3 heterocycles. The van der Waals surface area contributed by atoms with Crippen LogP contribution in [0.1, 0.15) is 29.3 Å². The molecule has 112 valence electrons. The first-order chi connectivity index (χ1) is 10.8. The number of benzene rings is 1. The number of thiophene rings is 1. The minimum Gasteiger partial charge on any atom is -0.439 e. The van der Waals surface area contributed by atoms with E-state index in [1.54, 1.807) is 0 Å². The summed E-state index contributed by atoms with van der Waals surface area (Å²) in [7, 11) is 0. The number of nitrogens with zero attached hydrogens (tertiary/aromatic N) is 2. The molecule has 0 aliphatic carbocycles. The van der Waals surface area contributed by atoms with Crippen molar-refractivity contribution < 1.29 is 4.42 Å². The highest BCUT2D eigenvalue weighted by molar-refractivity contribution is 7.10. The second-order valence-electron chi connectivity index (χ2n) is 5.68. The summed E-state index contributed by atoms with van der Waals surface area (Å²) >= 11 is 1.87. The van der Waals surface area contributed by atoms with E-state index in [0.717, 1.165) is 36.7 Å². The van der Waals surface area contributed by atoms with Gasteiger partial charge in [0, 0.05) is 23.0 Å². The maximum atomic E-state index is 5.94. The molecule has 3 nitrogen and oxygen atoms in total. The first-order valence-electron chi connectivity index (χ1n) is 7.62. The Morgan fingerprint density at radius 2 is 2.14 bits per heavy atom. The lowest BCUT2D eigenvalue weighted by atomic mass is 10.0. The van der Waals surface area contributed by atoms with E-state index in [-0.39, 0.29) is 0 Å². The van der Waals surface area contributed by atoms with Gasteiger partial charge in [-0.25, -0.2) is 4.98 Å². The standard InChI is InChI=1S/C18H18N2OS/c1-13-15-8-10-22-17(15)7-9-20(13)12-18-19-11-16(21-18)14-5-3-2-4-6-14/h2-6,8,10-11,13H,7,9,12H2,1H3/t13-/m0/s1. The maximum absolute atomic E-state index is 5.94. The van der Waals surface area contributed by atoms with Crippen LogP contribution in [0.5, 0.6) is 0 Å². The third kappa shape index (κ3) is 2.49. The third-order valence-corrected chi connectivity index (χ3v) is 5.35. The van der Waals surface area contributed by atoms with Crippen molar-refractivity contribution in [2.24, 2.45) is 0 Å². The largest absolute Gasteiger partial charge is 0.439 e. The van der Waals surface area contributed by atoms with Gasteiger partial charge in [-0.05, 0) is 30.4 Å². The molecule has 0 saturated heterocycles. The number of fused-ring (bicyclic) bond motifs is 1. The summed E-state index contributed by atoms with van der Waals surface area (Å²) in [4.78, 5) is 8.43. The minimum atomic E-state index is 0.432. The summed E-state index contributed by atoms with van der Waals surface area (Å²) in [6, 6.07) is 12.8. The van der Waals surface area contributed by atoms with Gasteiger partial charge in [-0.15, -0.1) is 11.3 Å². The summed E-state index contributed by atoms with van der Waals surface area (Å²) in [6.07, 6.45) is 2.96. The molecule has 22 heavy (non-hydrogen) atoms. The summed E-state index contributed by atoms with van der Waals surface area (Å²) in [5.74, 6) is 1.64. The van der Waals surface area contributed by atoms with Crippen molar-refractivity contribution in [3.8, 4) is 11.3 Å². The number of hydrogen-bond donors (Lipinski definition) is 0. The van der Waals surface area contributed by atoms with Gasteiger partial charge in [0.1, 0.15) is 0 Å². The lowest BCUT2D eigenvalue weighted by molar-refractivity contribution is 0.174. The van der Waals surface area contributed by atoms with Crippen molar-refractivity contribution in [3.63, 3.8) is 0 Å². The lowest BCUT2D eigenvalue weighted by Crippen LogP contribution is -2.32. The summed E-state index contributed by atoms with van der Waals surface area (Å²) in [5.41, 5.74) is 2.54. The number of oxazole rings is 1. The Morgan fingerprint density at radius 3 is 3.00 bits per heavy atom. The second kappa shape index (κ2) is 5.71. The van der Waals surface area contributed by atoms with Crippen molar-refractivity contribution in [2.45, 2.75) is 25.9 Å². The first-order valence-corrected chi connectivity index (χ1v) is 8.49. The Kier molecular flexibility index (Phi) is 3.56. The van der Waals surface area contributed by atoms with Crippen LogP contribution in [-0.2, 0) is 13.0 Å². The number of aromatic nitrogens is 1. The van der Waals surface area contributed by atoms with Crippen LogP contribution in [0.2, 0.25) is 0 Å². The van der Waals surface area contributed by atoms with Gasteiger partial charge < -0.3 is 4.42 Å². The zero-order valence-electron chi connectivity index (χ0n) is 12.5. The van der Waals surface area contributed by atoms with Gasteiger partial charge in [-0.1, -0.05) is 30.3 Å². The van der Waals surface area contributed by atoms with Crippen molar-refractivity contribution in [2.75, 3.05) is 6.54 Å². The van der Waals surface area contributed by atoms with E-state index in [9.17, 15) is 0 Å². The first kappa shape index (κ1) is 13.7. The van der Waals surface area contributed by atoms with Gasteiger partial charge in [0.15, 0.2) is 5.76 Å². The van der Waals surface area contributed by atoms with Crippen LogP contribution in [0.4, 0.5) is 0 Å². The molecule has 0 N–H and O–H groups in total. The predicted molar refractivity (Wildman–Crippen MR) is 88.8 cm³/mol. The van der Waals surface area contributed by atoms with Crippen LogP contribution in [0.3, 0.4) is 0 Å². The van der Waals surface area contributed by atoms with Crippen molar-refractivity contribution in [1.82, 2.24) is 9.88 Å². The summed E-state index contributed by atoms with van der Waals surface area (Å²) < 4.78 is 5.94. The fraction of sp³-hybridized carbons (Fsp3) is 0.278. The highest BCUT2D eigenvalue weighted by Crippen LogP contribution is 2.33. The normalized spacial score (nSPS) is 18.3. The molecule has 0 saturated carbocycles. The molecule has 0 amide bonds. The van der Waals surface area contributed by atoms with Crippen LogP contribution in [0.15, 0.2) is 52.4 Å². The Bertz CT molecular complexity index is 762. The molecule has 0 fully saturated rings. The molecule has 0 spiro atoms. The molecule has 2 aromatic heterocycles. The zero-order chi connectivity index (χ0) is 14.9. The fourth-order valence-corrected chi connectivity index (χ4v) is 4.03. The summed E-state index contributed by atoms with van der Waals surface area (Å²) in [6.45, 7) is 4.10. The van der Waals surface area contributed by atoms with Crippen molar-refractivity contribution in [3.05, 3.63) is 64.3 Å². The fourth-order valence-electron chi connectivity index (χ4n) is 3.07. The van der Waals surface area contributed by atoms with Crippen LogP contribution in [0, 0.1) is 0 Å². The third-order valence-electron chi connectivity index (χ3n) is 4.35. The van der Waals surface area contributed by atoms with Crippen molar-refractivity contribution >= 4 is 11.3 Å². The van der Waals surface area contributed by atoms with Crippen LogP contribution < -0.4 is 0 Å². The highest BCUT2D eigenvalue weighted by Gasteiger charge is 2.25. The van der Waals surface area contributed by atoms with Crippen LogP contribution in [-0.4, -0.2) is 16.4 Å². The van der Waals surface area contributed by atoms with Gasteiger partial charge in [0.2, 0.25) is 5.89 Å². The Hall–Kier alpha value is -1.91. The van der Waals surface area contributed by atoms with E-state index in [1.807, 2.05) is 47.9 Å². The van der Waals surface area contributed by atoms with Gasteiger partial charge in [0.05, 0.1) is 12.7 Å². The predicted octanol–water partition coefficient (Wildman–Crippen LogP) is 4.52. The molecule has 1 aromatic carbocycles. The van der Waals surface area contributed by atoms with Crippen molar-refractivity contribution in [1.29, 1.82) is 0 Å². The molecule has 1 aliphatic rings. The molecule has 3 aromatic rings. The second-order valence-corrected chi connectivity index (χ2v) is 6.68. The average molecular weight is 310 g/mol. The molecule has 0 radical (unpaired) electrons. The molecule has 4 heteroatoms. The van der Waals surface area contributed by atoms with Gasteiger partial charge in [0.25, 0.3) is 0 Å². The smallest absolute Gasteiger partial charge is 0.209 e. The van der Waals surface area contributed by atoms with Crippen LogP contribution in [0.25, 0.3) is 11.3 Å². The molecule has 0 bridgehead atoms. The van der Waals surface area contributed by atoms with Gasteiger partial charge in [-0.3, -0.25) is 4.90 Å². The molecule has 0 unspecified atom stereocenters. The van der Waals surface area contributed by atoms with Gasteiger partial charge >= 0.3 is 0 Å². The van der Waals surface area contributed by atoms with Crippen LogP contribution >= 0.6 is 11.3 Å². The topological polar surface area (TPSA) is 29.3 Å². The molecule has 1 atom stereocenters. The number of rotatable bonds is 3. The monoisotopic (exact) mass is 310 g/mol. The van der Waals surface area contributed by atoms with E-state index >= 15 is 0 Å². The highest BCUT2D eigenvalue weighted by atomic mass is 32.1. The van der Waals surface area contributed by atoms with E-state index in [4.69, 9.17) is 4.42 Å². The Morgan fingerprint density at radius 1 is 1.27 bits per heavy atom. The Labute approximate surface area is 134 Å². The SMILES string of the molecule is C[C@H]1c2ccsc2CCN1Cc1ncc(-c2ccccc2)o1. The van der Waals surface area contributed by atoms with E-state index in [0.29, 0.717) is 6.04 Å². The zero-order valence-corrected chi connectivity index (χ0v) is 13.3. The molecule has 4 rings (SSSR count). The minimum absolute atomic E-state index is 0.432. The number of hydrogen-bond acceptors (Lipinski definition) is 4. The van der Waals surface area contributed by atoms with E-state index in [1.165, 1.54) is 10.4 Å². The Balaban J connectivity index is 1.52. The lowest BCUT2D eigenvalue weighted by Gasteiger charge is -2.32. The average Bonchev–Trinajstić information content (AvgIpc) is 3.20. The van der Waals surface area contributed by atoms with Gasteiger partial charge in [-0.2, -0.15) is 0 Å². The molecule has 1 aliphatic heterocycles. The molecular formula is C18H18N2OS. The van der Waals surface area contributed by atoms with E-state index < -0.39 is 0 Å². The maximum Gasteiger partial charge on any atom is 0.209 e. The molecular weight excluding hydrogens is 292 g/mol.